The SMILES string of the molecule is O=C1CSc2ccc(C(=O)NC3CCN(c4ccccn4)C3)cc2N1. The fourth-order valence-electron chi connectivity index (χ4n) is 3.12. The van der Waals surface area contributed by atoms with E-state index >= 15 is 0 Å². The molecule has 128 valence electrons. The van der Waals surface area contributed by atoms with Gasteiger partial charge in [-0.2, -0.15) is 0 Å². The Morgan fingerprint density at radius 1 is 1.32 bits per heavy atom. The summed E-state index contributed by atoms with van der Waals surface area (Å²) < 4.78 is 0. The number of anilines is 2. The van der Waals surface area contributed by atoms with E-state index in [1.807, 2.05) is 30.3 Å². The van der Waals surface area contributed by atoms with Gasteiger partial charge in [-0.1, -0.05) is 6.07 Å². The van der Waals surface area contributed by atoms with Crippen LogP contribution in [0.5, 0.6) is 0 Å². The van der Waals surface area contributed by atoms with Crippen LogP contribution in [-0.4, -0.2) is 41.7 Å². The number of aromatic nitrogens is 1. The average molecular weight is 354 g/mol. The van der Waals surface area contributed by atoms with Gasteiger partial charge in [-0.25, -0.2) is 4.98 Å². The number of pyridine rings is 1. The van der Waals surface area contributed by atoms with Gasteiger partial charge in [-0.3, -0.25) is 9.59 Å². The third-order valence-corrected chi connectivity index (χ3v) is 5.44. The lowest BCUT2D eigenvalue weighted by Gasteiger charge is -2.19. The Kier molecular flexibility index (Phi) is 4.31. The molecule has 6 nitrogen and oxygen atoms in total. The number of hydrogen-bond acceptors (Lipinski definition) is 5. The van der Waals surface area contributed by atoms with E-state index in [4.69, 9.17) is 0 Å². The van der Waals surface area contributed by atoms with Crippen LogP contribution in [0.25, 0.3) is 0 Å². The molecule has 1 aromatic carbocycles. The second kappa shape index (κ2) is 6.76. The molecule has 25 heavy (non-hydrogen) atoms. The van der Waals surface area contributed by atoms with Gasteiger partial charge in [0.15, 0.2) is 0 Å². The summed E-state index contributed by atoms with van der Waals surface area (Å²) in [4.78, 5) is 31.6. The second-order valence-electron chi connectivity index (χ2n) is 6.14. The van der Waals surface area contributed by atoms with Gasteiger partial charge in [-0.15, -0.1) is 11.8 Å². The van der Waals surface area contributed by atoms with Crippen molar-refractivity contribution in [3.63, 3.8) is 0 Å². The molecule has 3 heterocycles. The molecule has 1 unspecified atom stereocenters. The number of nitrogens with one attached hydrogen (secondary N) is 2. The van der Waals surface area contributed by atoms with Crippen molar-refractivity contribution in [1.82, 2.24) is 10.3 Å². The number of nitrogens with zero attached hydrogens (tertiary/aromatic N) is 2. The molecular formula is C18H18N4O2S. The molecule has 1 saturated heterocycles. The first kappa shape index (κ1) is 16.0. The fraction of sp³-hybridized carbons (Fsp3) is 0.278. The predicted molar refractivity (Wildman–Crippen MR) is 98.1 cm³/mol. The Labute approximate surface area is 150 Å². The smallest absolute Gasteiger partial charge is 0.251 e. The zero-order chi connectivity index (χ0) is 17.2. The third kappa shape index (κ3) is 3.46. The fourth-order valence-corrected chi connectivity index (χ4v) is 3.91. The predicted octanol–water partition coefficient (Wildman–Crippen LogP) is 2.13. The Hall–Kier alpha value is -2.54. The monoisotopic (exact) mass is 354 g/mol. The second-order valence-corrected chi connectivity index (χ2v) is 7.16. The molecule has 2 N–H and O–H groups in total. The standard InChI is InChI=1S/C18H18N4O2S/c23-17-11-25-15-5-4-12(9-14(15)21-17)18(24)20-13-6-8-22(10-13)16-3-1-2-7-19-16/h1-5,7,9,13H,6,8,10-11H2,(H,20,24)(H,21,23). The summed E-state index contributed by atoms with van der Waals surface area (Å²) >= 11 is 1.49. The van der Waals surface area contributed by atoms with E-state index in [2.05, 4.69) is 20.5 Å². The largest absolute Gasteiger partial charge is 0.354 e. The van der Waals surface area contributed by atoms with Crippen molar-refractivity contribution in [1.29, 1.82) is 0 Å². The molecule has 2 aromatic rings. The Balaban J connectivity index is 1.41. The van der Waals surface area contributed by atoms with Gasteiger partial charge in [0.05, 0.1) is 11.4 Å². The first-order valence-electron chi connectivity index (χ1n) is 8.22. The van der Waals surface area contributed by atoms with Gasteiger partial charge < -0.3 is 15.5 Å². The molecule has 1 aromatic heterocycles. The van der Waals surface area contributed by atoms with Crippen LogP contribution in [-0.2, 0) is 4.79 Å². The number of benzene rings is 1. The quantitative estimate of drug-likeness (QED) is 0.883. The lowest BCUT2D eigenvalue weighted by Crippen LogP contribution is -2.37. The van der Waals surface area contributed by atoms with Crippen molar-refractivity contribution in [2.75, 3.05) is 29.1 Å². The summed E-state index contributed by atoms with van der Waals surface area (Å²) in [6, 6.07) is 11.4. The van der Waals surface area contributed by atoms with Crippen LogP contribution in [0.4, 0.5) is 11.5 Å². The van der Waals surface area contributed by atoms with Gasteiger partial charge in [0.25, 0.3) is 5.91 Å². The Bertz CT molecular complexity index is 812. The van der Waals surface area contributed by atoms with Crippen molar-refractivity contribution >= 4 is 35.1 Å². The summed E-state index contributed by atoms with van der Waals surface area (Å²) in [5.41, 5.74) is 1.29. The van der Waals surface area contributed by atoms with Crippen LogP contribution in [0, 0.1) is 0 Å². The van der Waals surface area contributed by atoms with E-state index in [9.17, 15) is 9.59 Å². The van der Waals surface area contributed by atoms with Crippen LogP contribution < -0.4 is 15.5 Å². The lowest BCUT2D eigenvalue weighted by atomic mass is 10.1. The third-order valence-electron chi connectivity index (χ3n) is 4.37. The van der Waals surface area contributed by atoms with Gasteiger partial charge in [-0.05, 0) is 36.8 Å². The van der Waals surface area contributed by atoms with Crippen molar-refractivity contribution in [2.24, 2.45) is 0 Å². The van der Waals surface area contributed by atoms with Crippen LogP contribution in [0.1, 0.15) is 16.8 Å². The lowest BCUT2D eigenvalue weighted by molar-refractivity contribution is -0.113. The molecule has 1 atom stereocenters. The average Bonchev–Trinajstić information content (AvgIpc) is 3.10. The maximum absolute atomic E-state index is 12.5. The van der Waals surface area contributed by atoms with Crippen molar-refractivity contribution < 1.29 is 9.59 Å². The number of carbonyl (C=O) groups is 2. The number of amides is 2. The zero-order valence-electron chi connectivity index (χ0n) is 13.6. The van der Waals surface area contributed by atoms with E-state index in [-0.39, 0.29) is 17.9 Å². The minimum atomic E-state index is -0.111. The Morgan fingerprint density at radius 2 is 2.24 bits per heavy atom. The first-order chi connectivity index (χ1) is 12.2. The highest BCUT2D eigenvalue weighted by molar-refractivity contribution is 8.00. The van der Waals surface area contributed by atoms with E-state index in [1.165, 1.54) is 11.8 Å². The maximum Gasteiger partial charge on any atom is 0.251 e. The molecule has 0 aliphatic carbocycles. The number of thioether (sulfide) groups is 1. The molecule has 0 spiro atoms. The summed E-state index contributed by atoms with van der Waals surface area (Å²) in [6.07, 6.45) is 2.67. The highest BCUT2D eigenvalue weighted by Crippen LogP contribution is 2.32. The summed E-state index contributed by atoms with van der Waals surface area (Å²) in [5.74, 6) is 1.22. The number of rotatable bonds is 3. The molecule has 4 rings (SSSR count). The Morgan fingerprint density at radius 3 is 3.08 bits per heavy atom. The first-order valence-corrected chi connectivity index (χ1v) is 9.21. The zero-order valence-corrected chi connectivity index (χ0v) is 14.4. The summed E-state index contributed by atoms with van der Waals surface area (Å²) in [5, 5.41) is 5.91. The van der Waals surface area contributed by atoms with Gasteiger partial charge in [0, 0.05) is 35.8 Å². The van der Waals surface area contributed by atoms with Crippen LogP contribution in [0.3, 0.4) is 0 Å². The van der Waals surface area contributed by atoms with Crippen molar-refractivity contribution in [2.45, 2.75) is 17.4 Å². The normalized spacial score (nSPS) is 19.3. The topological polar surface area (TPSA) is 74.3 Å². The minimum absolute atomic E-state index is 0.0307. The van der Waals surface area contributed by atoms with E-state index in [0.717, 1.165) is 35.9 Å². The van der Waals surface area contributed by atoms with Crippen LogP contribution >= 0.6 is 11.8 Å². The molecule has 2 amide bonds. The molecule has 0 radical (unpaired) electrons. The molecule has 0 bridgehead atoms. The van der Waals surface area contributed by atoms with Crippen molar-refractivity contribution in [3.05, 3.63) is 48.2 Å². The van der Waals surface area contributed by atoms with E-state index < -0.39 is 0 Å². The van der Waals surface area contributed by atoms with E-state index in [0.29, 0.717) is 11.3 Å². The maximum atomic E-state index is 12.5. The molecule has 0 saturated carbocycles. The molecule has 2 aliphatic rings. The van der Waals surface area contributed by atoms with Gasteiger partial charge >= 0.3 is 0 Å². The highest BCUT2D eigenvalue weighted by atomic mass is 32.2. The van der Waals surface area contributed by atoms with Crippen LogP contribution in [0.2, 0.25) is 0 Å². The van der Waals surface area contributed by atoms with Gasteiger partial charge in [0.1, 0.15) is 5.82 Å². The minimum Gasteiger partial charge on any atom is -0.354 e. The van der Waals surface area contributed by atoms with Crippen LogP contribution in [0.15, 0.2) is 47.5 Å². The molecule has 2 aliphatic heterocycles. The van der Waals surface area contributed by atoms with E-state index in [1.54, 1.807) is 12.3 Å². The molecule has 7 heteroatoms. The van der Waals surface area contributed by atoms with Gasteiger partial charge in [0.2, 0.25) is 5.91 Å². The molecular weight excluding hydrogens is 336 g/mol. The summed E-state index contributed by atoms with van der Waals surface area (Å²) in [6.45, 7) is 1.62. The number of fused-ring (bicyclic) bond motifs is 1. The number of carbonyl (C=O) groups excluding carboxylic acids is 2. The highest BCUT2D eigenvalue weighted by Gasteiger charge is 2.25. The molecule has 1 fully saturated rings. The summed E-state index contributed by atoms with van der Waals surface area (Å²) in [7, 11) is 0. The van der Waals surface area contributed by atoms with Crippen molar-refractivity contribution in [3.8, 4) is 0 Å². The number of hydrogen-bond donors (Lipinski definition) is 2.